The minimum Gasteiger partial charge on any atom is -0.497 e. The summed E-state index contributed by atoms with van der Waals surface area (Å²) in [5, 5.41) is 18.9. The third kappa shape index (κ3) is 4.09. The number of amides is 3. The van der Waals surface area contributed by atoms with Gasteiger partial charge in [0.1, 0.15) is 11.3 Å². The average molecular weight is 549 g/mol. The van der Waals surface area contributed by atoms with Crippen LogP contribution in [0.2, 0.25) is 0 Å². The molecular weight excluding hydrogens is 520 g/mol. The largest absolute Gasteiger partial charge is 0.497 e. The van der Waals surface area contributed by atoms with Gasteiger partial charge in [-0.15, -0.1) is 0 Å². The predicted octanol–water partition coefficient (Wildman–Crippen LogP) is 3.19. The van der Waals surface area contributed by atoms with Gasteiger partial charge in [0.25, 0.3) is 5.91 Å². The fourth-order valence-electron chi connectivity index (χ4n) is 5.93. The van der Waals surface area contributed by atoms with Gasteiger partial charge >= 0.3 is 6.03 Å². The van der Waals surface area contributed by atoms with Gasteiger partial charge in [-0.25, -0.2) is 13.2 Å². The van der Waals surface area contributed by atoms with Crippen LogP contribution in [0.15, 0.2) is 71.8 Å². The molecule has 0 saturated carbocycles. The molecule has 3 amide bonds. The minimum absolute atomic E-state index is 0.00581. The molecule has 4 aromatic rings. The third-order valence-electron chi connectivity index (χ3n) is 7.97. The van der Waals surface area contributed by atoms with Crippen molar-refractivity contribution < 1.29 is 27.9 Å². The standard InChI is InChI=1S/C28H28N4O6S/c1-38-21-9-10-23-19(15-21)16-31(25(23)33)17-28(26(34)29-27(35)30-28)20-11-13-32(14-12-20)39(36,37)24-8-4-6-18-5-2-3-7-22(18)24/h2-10,15-16,20,33H,11-14,17H2,1H3,(H2,29,30,34,35). The second-order valence-corrected chi connectivity index (χ2v) is 12.0. The number of rotatable bonds is 6. The molecule has 1 atom stereocenters. The van der Waals surface area contributed by atoms with E-state index in [-0.39, 0.29) is 36.3 Å². The van der Waals surface area contributed by atoms with E-state index in [9.17, 15) is 23.1 Å². The van der Waals surface area contributed by atoms with Crippen molar-refractivity contribution in [2.45, 2.75) is 29.8 Å². The highest BCUT2D eigenvalue weighted by molar-refractivity contribution is 7.89. The van der Waals surface area contributed by atoms with E-state index in [2.05, 4.69) is 10.6 Å². The van der Waals surface area contributed by atoms with Crippen LogP contribution in [0.4, 0.5) is 4.79 Å². The Kier molecular flexibility index (Phi) is 6.00. The molecule has 1 unspecified atom stereocenters. The molecule has 2 aliphatic rings. The molecule has 10 nitrogen and oxygen atoms in total. The number of piperidine rings is 1. The lowest BCUT2D eigenvalue weighted by molar-refractivity contribution is -0.127. The summed E-state index contributed by atoms with van der Waals surface area (Å²) in [7, 11) is -2.23. The molecule has 3 aromatic carbocycles. The van der Waals surface area contributed by atoms with Crippen LogP contribution in [0.3, 0.4) is 0 Å². The first-order valence-corrected chi connectivity index (χ1v) is 14.1. The van der Waals surface area contributed by atoms with Gasteiger partial charge in [0.2, 0.25) is 10.0 Å². The Labute approximate surface area is 225 Å². The van der Waals surface area contributed by atoms with Gasteiger partial charge in [0.15, 0.2) is 5.88 Å². The Balaban J connectivity index is 1.29. The van der Waals surface area contributed by atoms with E-state index in [1.807, 2.05) is 24.3 Å². The van der Waals surface area contributed by atoms with Gasteiger partial charge in [0.05, 0.1) is 18.6 Å². The van der Waals surface area contributed by atoms with Crippen molar-refractivity contribution in [2.75, 3.05) is 20.2 Å². The SMILES string of the molecule is COc1ccc2c(O)n(CC3(C4CCN(S(=O)(=O)c5cccc6ccccc56)CC4)NC(=O)NC3=O)cc2c1. The Morgan fingerprint density at radius 3 is 2.46 bits per heavy atom. The monoisotopic (exact) mass is 548 g/mol. The molecule has 6 rings (SSSR count). The van der Waals surface area contributed by atoms with Crippen molar-refractivity contribution in [1.82, 2.24) is 19.5 Å². The zero-order valence-electron chi connectivity index (χ0n) is 21.3. The van der Waals surface area contributed by atoms with Crippen molar-refractivity contribution in [3.05, 3.63) is 66.9 Å². The van der Waals surface area contributed by atoms with Crippen LogP contribution < -0.4 is 15.4 Å². The number of aromatic nitrogens is 1. The van der Waals surface area contributed by atoms with Gasteiger partial charge < -0.3 is 19.7 Å². The first-order valence-electron chi connectivity index (χ1n) is 12.7. The lowest BCUT2D eigenvalue weighted by Gasteiger charge is -2.40. The van der Waals surface area contributed by atoms with Gasteiger partial charge in [0, 0.05) is 35.4 Å². The number of hydrogen-bond acceptors (Lipinski definition) is 6. The van der Waals surface area contributed by atoms with Crippen LogP contribution in [0.5, 0.6) is 11.6 Å². The quantitative estimate of drug-likeness (QED) is 0.318. The summed E-state index contributed by atoms with van der Waals surface area (Å²) >= 11 is 0. The Bertz CT molecular complexity index is 1720. The van der Waals surface area contributed by atoms with Gasteiger partial charge in [-0.3, -0.25) is 10.1 Å². The molecule has 1 aromatic heterocycles. The Morgan fingerprint density at radius 1 is 1.00 bits per heavy atom. The van der Waals surface area contributed by atoms with Crippen molar-refractivity contribution in [3.63, 3.8) is 0 Å². The van der Waals surface area contributed by atoms with Crippen LogP contribution in [-0.2, 0) is 21.4 Å². The fraction of sp³-hybridized carbons (Fsp3) is 0.286. The molecule has 0 bridgehead atoms. The number of nitrogens with one attached hydrogen (secondary N) is 2. The maximum absolute atomic E-state index is 13.6. The lowest BCUT2D eigenvalue weighted by Crippen LogP contribution is -2.58. The topological polar surface area (TPSA) is 130 Å². The number of fused-ring (bicyclic) bond motifs is 2. The molecule has 2 aliphatic heterocycles. The van der Waals surface area contributed by atoms with E-state index in [0.717, 1.165) is 10.8 Å². The predicted molar refractivity (Wildman–Crippen MR) is 145 cm³/mol. The summed E-state index contributed by atoms with van der Waals surface area (Å²) in [6, 6.07) is 17.2. The normalized spacial score (nSPS) is 20.8. The number of nitrogens with zero attached hydrogens (tertiary/aromatic N) is 2. The third-order valence-corrected chi connectivity index (χ3v) is 9.93. The summed E-state index contributed by atoms with van der Waals surface area (Å²) in [5.74, 6) is -0.252. The molecule has 2 fully saturated rings. The summed E-state index contributed by atoms with van der Waals surface area (Å²) in [4.78, 5) is 25.8. The highest BCUT2D eigenvalue weighted by Crippen LogP contribution is 2.38. The highest BCUT2D eigenvalue weighted by atomic mass is 32.2. The maximum atomic E-state index is 13.6. The maximum Gasteiger partial charge on any atom is 0.322 e. The zero-order chi connectivity index (χ0) is 27.4. The van der Waals surface area contributed by atoms with Gasteiger partial charge in [-0.05, 0) is 48.4 Å². The second kappa shape index (κ2) is 9.28. The van der Waals surface area contributed by atoms with E-state index in [0.29, 0.717) is 29.4 Å². The molecule has 0 radical (unpaired) electrons. The van der Waals surface area contributed by atoms with Crippen molar-refractivity contribution >= 4 is 43.5 Å². The number of carbonyl (C=O) groups is 2. The first kappa shape index (κ1) is 25.2. The molecule has 3 heterocycles. The minimum atomic E-state index is -3.78. The van der Waals surface area contributed by atoms with Crippen LogP contribution in [0.1, 0.15) is 12.8 Å². The molecule has 11 heteroatoms. The molecular formula is C28H28N4O6S. The number of urea groups is 1. The van der Waals surface area contributed by atoms with Crippen LogP contribution in [-0.4, -0.2) is 60.1 Å². The second-order valence-electron chi connectivity index (χ2n) is 10.1. The number of aromatic hydroxyl groups is 1. The average Bonchev–Trinajstić information content (AvgIpc) is 3.42. The summed E-state index contributed by atoms with van der Waals surface area (Å²) in [6.45, 7) is 0.379. The van der Waals surface area contributed by atoms with Crippen molar-refractivity contribution in [2.24, 2.45) is 5.92 Å². The summed E-state index contributed by atoms with van der Waals surface area (Å²) < 4.78 is 35.6. The number of hydrogen-bond donors (Lipinski definition) is 3. The highest BCUT2D eigenvalue weighted by Gasteiger charge is 2.53. The van der Waals surface area contributed by atoms with Gasteiger partial charge in [-0.1, -0.05) is 36.4 Å². The van der Waals surface area contributed by atoms with Crippen molar-refractivity contribution in [1.29, 1.82) is 0 Å². The fourth-order valence-corrected chi connectivity index (χ4v) is 7.62. The number of ether oxygens (including phenoxy) is 1. The van der Waals surface area contributed by atoms with E-state index >= 15 is 0 Å². The first-order chi connectivity index (χ1) is 18.7. The lowest BCUT2D eigenvalue weighted by atomic mass is 9.77. The number of sulfonamides is 1. The van der Waals surface area contributed by atoms with E-state index < -0.39 is 27.5 Å². The molecule has 2 saturated heterocycles. The van der Waals surface area contributed by atoms with Crippen LogP contribution in [0.25, 0.3) is 21.5 Å². The number of carbonyl (C=O) groups excluding carboxylic acids is 2. The zero-order valence-corrected chi connectivity index (χ0v) is 22.1. The van der Waals surface area contributed by atoms with Crippen LogP contribution >= 0.6 is 0 Å². The van der Waals surface area contributed by atoms with Crippen molar-refractivity contribution in [3.8, 4) is 11.6 Å². The number of benzene rings is 3. The molecule has 39 heavy (non-hydrogen) atoms. The Hall–Kier alpha value is -4.09. The number of methoxy groups -OCH3 is 1. The molecule has 3 N–H and O–H groups in total. The van der Waals surface area contributed by atoms with E-state index in [4.69, 9.17) is 4.74 Å². The number of imide groups is 1. The molecule has 0 aliphatic carbocycles. The molecule has 0 spiro atoms. The summed E-state index contributed by atoms with van der Waals surface area (Å²) in [6.07, 6.45) is 2.42. The van der Waals surface area contributed by atoms with E-state index in [1.54, 1.807) is 54.3 Å². The molecule has 202 valence electrons. The van der Waals surface area contributed by atoms with E-state index in [1.165, 1.54) is 4.31 Å². The smallest absolute Gasteiger partial charge is 0.322 e. The van der Waals surface area contributed by atoms with Gasteiger partial charge in [-0.2, -0.15) is 4.31 Å². The van der Waals surface area contributed by atoms with Crippen LogP contribution in [0, 0.1) is 5.92 Å². The Morgan fingerprint density at radius 2 is 1.74 bits per heavy atom. The summed E-state index contributed by atoms with van der Waals surface area (Å²) in [5.41, 5.74) is -1.34.